The lowest BCUT2D eigenvalue weighted by molar-refractivity contribution is 0.0698. The second-order valence-electron chi connectivity index (χ2n) is 5.02. The molecular weight excluding hydrogens is 314 g/mol. The van der Waals surface area contributed by atoms with Gasteiger partial charge in [0.2, 0.25) is 0 Å². The summed E-state index contributed by atoms with van der Waals surface area (Å²) in [5.74, 6) is -0.847. The molecule has 116 valence electrons. The number of carbonyl (C=O) groups is 1. The molecule has 6 heteroatoms. The summed E-state index contributed by atoms with van der Waals surface area (Å²) in [6.45, 7) is 0. The Kier molecular flexibility index (Phi) is 4.04. The number of rotatable bonds is 4. The van der Waals surface area contributed by atoms with Crippen molar-refractivity contribution in [2.24, 2.45) is 10.7 Å². The Labute approximate surface area is 137 Å². The van der Waals surface area contributed by atoms with E-state index in [1.54, 1.807) is 12.1 Å². The van der Waals surface area contributed by atoms with Gasteiger partial charge < -0.3 is 15.8 Å². The van der Waals surface area contributed by atoms with Crippen LogP contribution in [0.5, 0.6) is 0 Å². The van der Waals surface area contributed by atoms with Crippen LogP contribution in [-0.4, -0.2) is 27.8 Å². The first-order valence-electron chi connectivity index (χ1n) is 6.93. The molecule has 0 unspecified atom stereocenters. The number of aromatic amines is 1. The zero-order valence-electron chi connectivity index (χ0n) is 12.1. The Morgan fingerprint density at radius 3 is 2.83 bits per heavy atom. The fraction of sp³-hybridized carbons (Fsp3) is 0.0588. The molecule has 0 atom stereocenters. The maximum Gasteiger partial charge on any atom is 0.337 e. The molecule has 2 aromatic carbocycles. The summed E-state index contributed by atoms with van der Waals surface area (Å²) in [4.78, 5) is 18.6. The number of alkyl halides is 1. The lowest BCUT2D eigenvalue weighted by Gasteiger charge is -2.08. The molecule has 4 N–H and O–H groups in total. The third-order valence-corrected chi connectivity index (χ3v) is 3.81. The van der Waals surface area contributed by atoms with Crippen molar-refractivity contribution in [3.8, 4) is 11.1 Å². The number of aromatic carboxylic acids is 1. The molecule has 0 fully saturated rings. The summed E-state index contributed by atoms with van der Waals surface area (Å²) in [6.07, 6.45) is 1.87. The van der Waals surface area contributed by atoms with Crippen molar-refractivity contribution in [2.45, 2.75) is 0 Å². The van der Waals surface area contributed by atoms with Gasteiger partial charge in [-0.05, 0) is 35.4 Å². The Hall–Kier alpha value is -2.79. The fourth-order valence-electron chi connectivity index (χ4n) is 2.49. The molecule has 1 aromatic heterocycles. The maximum absolute atomic E-state index is 11.4. The SMILES string of the molecule is NC(CCl)=Nc1cc(-c2cccc3[nH]ccc23)ccc1C(=O)O. The minimum atomic E-state index is -1.06. The van der Waals surface area contributed by atoms with E-state index in [2.05, 4.69) is 9.98 Å². The third kappa shape index (κ3) is 2.91. The number of fused-ring (bicyclic) bond motifs is 1. The van der Waals surface area contributed by atoms with Crippen molar-refractivity contribution in [1.29, 1.82) is 0 Å². The number of benzene rings is 2. The molecular formula is C17H14ClN3O2. The predicted molar refractivity (Wildman–Crippen MR) is 92.7 cm³/mol. The van der Waals surface area contributed by atoms with Crippen LogP contribution in [0.3, 0.4) is 0 Å². The highest BCUT2D eigenvalue weighted by molar-refractivity contribution is 6.28. The zero-order valence-corrected chi connectivity index (χ0v) is 12.8. The van der Waals surface area contributed by atoms with Crippen LogP contribution in [0.4, 0.5) is 5.69 Å². The Bertz CT molecular complexity index is 915. The van der Waals surface area contributed by atoms with Crippen molar-refractivity contribution in [3.05, 3.63) is 54.2 Å². The zero-order chi connectivity index (χ0) is 16.4. The Balaban J connectivity index is 2.20. The number of hydrogen-bond donors (Lipinski definition) is 3. The molecule has 3 rings (SSSR count). The molecule has 0 saturated carbocycles. The molecule has 1 heterocycles. The minimum absolute atomic E-state index is 0.0384. The van der Waals surface area contributed by atoms with E-state index in [1.807, 2.05) is 30.5 Å². The van der Waals surface area contributed by atoms with Crippen LogP contribution in [0.2, 0.25) is 0 Å². The molecule has 0 aliphatic heterocycles. The minimum Gasteiger partial charge on any atom is -0.478 e. The van der Waals surface area contributed by atoms with Gasteiger partial charge in [-0.15, -0.1) is 11.6 Å². The average Bonchev–Trinajstić information content (AvgIpc) is 3.02. The molecule has 0 bridgehead atoms. The highest BCUT2D eigenvalue weighted by Crippen LogP contribution is 2.32. The van der Waals surface area contributed by atoms with Crippen molar-refractivity contribution < 1.29 is 9.90 Å². The molecule has 0 radical (unpaired) electrons. The molecule has 3 aromatic rings. The van der Waals surface area contributed by atoms with E-state index in [-0.39, 0.29) is 17.3 Å². The normalized spacial score (nSPS) is 11.8. The topological polar surface area (TPSA) is 91.5 Å². The van der Waals surface area contributed by atoms with Gasteiger partial charge in [0.1, 0.15) is 5.84 Å². The van der Waals surface area contributed by atoms with Gasteiger partial charge in [0.05, 0.1) is 17.1 Å². The van der Waals surface area contributed by atoms with E-state index >= 15 is 0 Å². The van der Waals surface area contributed by atoms with Crippen LogP contribution in [-0.2, 0) is 0 Å². The summed E-state index contributed by atoms with van der Waals surface area (Å²) in [5, 5.41) is 10.4. The molecule has 0 aliphatic carbocycles. The summed E-state index contributed by atoms with van der Waals surface area (Å²) in [6, 6.07) is 12.9. The quantitative estimate of drug-likeness (QED) is 0.387. The number of carboxylic acids is 1. The lowest BCUT2D eigenvalue weighted by Crippen LogP contribution is -2.12. The number of amidine groups is 1. The highest BCUT2D eigenvalue weighted by atomic mass is 35.5. The van der Waals surface area contributed by atoms with Gasteiger partial charge in [0.25, 0.3) is 0 Å². The van der Waals surface area contributed by atoms with E-state index in [9.17, 15) is 9.90 Å². The van der Waals surface area contributed by atoms with Gasteiger partial charge in [0.15, 0.2) is 0 Å². The van der Waals surface area contributed by atoms with Gasteiger partial charge in [-0.3, -0.25) is 0 Å². The van der Waals surface area contributed by atoms with Crippen molar-refractivity contribution in [2.75, 3.05) is 5.88 Å². The van der Waals surface area contributed by atoms with Crippen LogP contribution in [0, 0.1) is 0 Å². The van der Waals surface area contributed by atoms with E-state index in [1.165, 1.54) is 6.07 Å². The summed E-state index contributed by atoms with van der Waals surface area (Å²) in [7, 11) is 0. The second-order valence-corrected chi connectivity index (χ2v) is 5.29. The standard InChI is InChI=1S/C17H14ClN3O2/c18-9-16(19)21-15-8-10(4-5-13(15)17(22)23)11-2-1-3-14-12(11)6-7-20-14/h1-8,20H,9H2,(H2,19,21)(H,22,23). The van der Waals surface area contributed by atoms with E-state index in [4.69, 9.17) is 17.3 Å². The molecule has 0 spiro atoms. The first-order chi connectivity index (χ1) is 11.1. The Morgan fingerprint density at radius 2 is 2.09 bits per heavy atom. The summed E-state index contributed by atoms with van der Waals surface area (Å²) in [5.41, 5.74) is 8.89. The molecule has 0 aliphatic rings. The number of aromatic nitrogens is 1. The Morgan fingerprint density at radius 1 is 1.26 bits per heavy atom. The molecule has 5 nitrogen and oxygen atoms in total. The number of H-pyrrole nitrogens is 1. The number of hydrogen-bond acceptors (Lipinski definition) is 2. The first kappa shape index (κ1) is 15.1. The summed E-state index contributed by atoms with van der Waals surface area (Å²) < 4.78 is 0. The van der Waals surface area contributed by atoms with Crippen LogP contribution >= 0.6 is 11.6 Å². The largest absolute Gasteiger partial charge is 0.478 e. The summed E-state index contributed by atoms with van der Waals surface area (Å²) >= 11 is 5.65. The van der Waals surface area contributed by atoms with Crippen LogP contribution < -0.4 is 5.73 Å². The predicted octanol–water partition coefficient (Wildman–Crippen LogP) is 3.76. The van der Waals surface area contributed by atoms with Gasteiger partial charge in [-0.25, -0.2) is 9.79 Å². The van der Waals surface area contributed by atoms with Gasteiger partial charge >= 0.3 is 5.97 Å². The number of nitrogens with two attached hydrogens (primary N) is 1. The number of halogens is 1. The molecule has 0 saturated heterocycles. The van der Waals surface area contributed by atoms with E-state index in [0.29, 0.717) is 5.69 Å². The number of nitrogens with zero attached hydrogens (tertiary/aromatic N) is 1. The smallest absolute Gasteiger partial charge is 0.337 e. The number of aliphatic imine (C=N–C) groups is 1. The van der Waals surface area contributed by atoms with Gasteiger partial charge in [-0.2, -0.15) is 0 Å². The van der Waals surface area contributed by atoms with Crippen molar-refractivity contribution in [3.63, 3.8) is 0 Å². The average molecular weight is 328 g/mol. The van der Waals surface area contributed by atoms with Crippen LogP contribution in [0.15, 0.2) is 53.7 Å². The number of carboxylic acid groups (broad SMARTS) is 1. The first-order valence-corrected chi connectivity index (χ1v) is 7.46. The number of nitrogens with one attached hydrogen (secondary N) is 1. The van der Waals surface area contributed by atoms with E-state index < -0.39 is 5.97 Å². The highest BCUT2D eigenvalue weighted by Gasteiger charge is 2.13. The molecule has 0 amide bonds. The van der Waals surface area contributed by atoms with Crippen molar-refractivity contribution in [1.82, 2.24) is 4.98 Å². The van der Waals surface area contributed by atoms with Crippen LogP contribution in [0.25, 0.3) is 22.0 Å². The monoisotopic (exact) mass is 327 g/mol. The maximum atomic E-state index is 11.4. The van der Waals surface area contributed by atoms with E-state index in [0.717, 1.165) is 22.0 Å². The van der Waals surface area contributed by atoms with Crippen LogP contribution in [0.1, 0.15) is 10.4 Å². The third-order valence-electron chi connectivity index (χ3n) is 3.54. The molecule has 23 heavy (non-hydrogen) atoms. The van der Waals surface area contributed by atoms with Gasteiger partial charge in [0, 0.05) is 17.1 Å². The van der Waals surface area contributed by atoms with Crippen molar-refractivity contribution >= 4 is 40.0 Å². The lowest BCUT2D eigenvalue weighted by atomic mass is 9.99. The van der Waals surface area contributed by atoms with Gasteiger partial charge in [-0.1, -0.05) is 18.2 Å². The second kappa shape index (κ2) is 6.14. The fourth-order valence-corrected chi connectivity index (χ4v) is 2.55.